The van der Waals surface area contributed by atoms with Crippen LogP contribution >= 0.6 is 0 Å². The van der Waals surface area contributed by atoms with E-state index in [1.165, 1.54) is 24.3 Å². The number of nitro groups is 1. The minimum atomic E-state index is -1.02. The maximum Gasteiger partial charge on any atom is 0.269 e. The lowest BCUT2D eigenvalue weighted by molar-refractivity contribution is -0.384. The molecule has 0 aromatic heterocycles. The molecule has 14 nitrogen and oxygen atoms in total. The molecule has 0 heterocycles. The number of carbonyl (C=O) groups excluding carboxylic acids is 4. The van der Waals surface area contributed by atoms with E-state index < -0.39 is 47.2 Å². The van der Waals surface area contributed by atoms with Crippen LogP contribution in [0, 0.1) is 16.0 Å². The van der Waals surface area contributed by atoms with Gasteiger partial charge in [-0.25, -0.2) is 0 Å². The van der Waals surface area contributed by atoms with E-state index in [1.54, 1.807) is 44.2 Å². The Balaban J connectivity index is 2.01. The topological polar surface area (TPSA) is 224 Å². The molecule has 14 heteroatoms. The van der Waals surface area contributed by atoms with E-state index in [2.05, 4.69) is 26.3 Å². The van der Waals surface area contributed by atoms with Crippen molar-refractivity contribution in [1.82, 2.24) is 16.0 Å². The smallest absolute Gasteiger partial charge is 0.269 e. The van der Waals surface area contributed by atoms with Crippen LogP contribution in [0.15, 0.2) is 59.6 Å². The number of non-ortho nitro benzene ring substituents is 1. The molecule has 0 saturated carbocycles. The summed E-state index contributed by atoms with van der Waals surface area (Å²) in [4.78, 5) is 65.0. The van der Waals surface area contributed by atoms with Gasteiger partial charge in [-0.15, -0.1) is 0 Å². The Morgan fingerprint density at radius 1 is 0.950 bits per heavy atom. The van der Waals surface area contributed by atoms with Gasteiger partial charge in [0.15, 0.2) is 5.96 Å². The maximum atomic E-state index is 12.9. The molecule has 40 heavy (non-hydrogen) atoms. The van der Waals surface area contributed by atoms with E-state index in [4.69, 9.17) is 11.5 Å². The molecule has 0 aliphatic heterocycles. The van der Waals surface area contributed by atoms with E-state index in [9.17, 15) is 29.3 Å². The molecule has 0 saturated heterocycles. The molecule has 0 spiro atoms. The van der Waals surface area contributed by atoms with Crippen LogP contribution in [-0.2, 0) is 14.4 Å². The number of hydrogen-bond acceptors (Lipinski definition) is 7. The lowest BCUT2D eigenvalue weighted by atomic mass is 10.0. The van der Waals surface area contributed by atoms with Crippen LogP contribution in [0.3, 0.4) is 0 Å². The minimum Gasteiger partial charge on any atom is -0.370 e. The second-order valence-electron chi connectivity index (χ2n) is 9.14. The number of hydrogen-bond donors (Lipinski definition) is 6. The Hall–Kier alpha value is -5.01. The molecule has 0 radical (unpaired) electrons. The van der Waals surface area contributed by atoms with Crippen molar-refractivity contribution in [3.8, 4) is 0 Å². The van der Waals surface area contributed by atoms with Gasteiger partial charge < -0.3 is 32.7 Å². The number of nitrogens with zero attached hydrogens (tertiary/aromatic N) is 2. The van der Waals surface area contributed by atoms with Crippen molar-refractivity contribution in [2.24, 2.45) is 22.4 Å². The number of carbonyl (C=O) groups is 4. The molecule has 0 fully saturated rings. The lowest BCUT2D eigenvalue weighted by Crippen LogP contribution is -2.53. The first kappa shape index (κ1) is 31.2. The molecule has 2 aromatic carbocycles. The van der Waals surface area contributed by atoms with Crippen LogP contribution in [0.5, 0.6) is 0 Å². The molecular weight excluding hydrogens is 520 g/mol. The highest BCUT2D eigenvalue weighted by atomic mass is 16.6. The number of aliphatic imine (C=N–C) groups is 1. The number of nitrogens with two attached hydrogens (primary N) is 2. The first-order chi connectivity index (χ1) is 19.0. The van der Waals surface area contributed by atoms with Gasteiger partial charge in [-0.2, -0.15) is 0 Å². The lowest BCUT2D eigenvalue weighted by Gasteiger charge is -2.22. The molecule has 0 aliphatic carbocycles. The van der Waals surface area contributed by atoms with Crippen LogP contribution in [0.2, 0.25) is 0 Å². The van der Waals surface area contributed by atoms with Crippen molar-refractivity contribution in [2.75, 3.05) is 18.4 Å². The number of amides is 4. The highest BCUT2D eigenvalue weighted by Gasteiger charge is 2.26. The van der Waals surface area contributed by atoms with Crippen molar-refractivity contribution in [2.45, 2.75) is 38.8 Å². The Morgan fingerprint density at radius 3 is 2.17 bits per heavy atom. The van der Waals surface area contributed by atoms with Gasteiger partial charge in [-0.05, 0) is 43.0 Å². The summed E-state index contributed by atoms with van der Waals surface area (Å²) < 4.78 is 0. The fourth-order valence-electron chi connectivity index (χ4n) is 3.54. The average molecular weight is 555 g/mol. The molecule has 4 amide bonds. The molecular formula is C26H34N8O6. The second-order valence-corrected chi connectivity index (χ2v) is 9.14. The highest BCUT2D eigenvalue weighted by Crippen LogP contribution is 2.16. The van der Waals surface area contributed by atoms with Gasteiger partial charge in [-0.3, -0.25) is 34.3 Å². The zero-order valence-corrected chi connectivity index (χ0v) is 22.3. The number of guanidine groups is 1. The fourth-order valence-corrected chi connectivity index (χ4v) is 3.54. The van der Waals surface area contributed by atoms with Gasteiger partial charge >= 0.3 is 0 Å². The predicted octanol–water partition coefficient (Wildman–Crippen LogP) is 0.643. The normalized spacial score (nSPS) is 12.0. The third-order valence-corrected chi connectivity index (χ3v) is 5.64. The predicted molar refractivity (Wildman–Crippen MR) is 149 cm³/mol. The van der Waals surface area contributed by atoms with E-state index in [1.807, 2.05) is 0 Å². The number of anilines is 1. The Bertz CT molecular complexity index is 1210. The SMILES string of the molecule is CC(C)[C@@H](NC(=O)c1ccccc1)C(=O)NCC(=O)N[C@@H](CCCN=C(N)N)C(=O)Nc1ccc([N+](=O)[O-])cc1. The summed E-state index contributed by atoms with van der Waals surface area (Å²) in [7, 11) is 0. The Labute approximate surface area is 231 Å². The zero-order chi connectivity index (χ0) is 29.7. The monoisotopic (exact) mass is 554 g/mol. The van der Waals surface area contributed by atoms with Gasteiger partial charge in [0.2, 0.25) is 17.7 Å². The Kier molecular flexibility index (Phi) is 12.0. The second kappa shape index (κ2) is 15.4. The van der Waals surface area contributed by atoms with Crippen LogP contribution in [0.1, 0.15) is 37.0 Å². The maximum absolute atomic E-state index is 12.9. The van der Waals surface area contributed by atoms with E-state index in [0.29, 0.717) is 17.7 Å². The number of nitrogens with one attached hydrogen (secondary N) is 4. The van der Waals surface area contributed by atoms with Crippen molar-refractivity contribution < 1.29 is 24.1 Å². The van der Waals surface area contributed by atoms with Crippen LogP contribution in [0.25, 0.3) is 0 Å². The van der Waals surface area contributed by atoms with Crippen LogP contribution < -0.4 is 32.7 Å². The summed E-state index contributed by atoms with van der Waals surface area (Å²) in [6, 6.07) is 11.7. The summed E-state index contributed by atoms with van der Waals surface area (Å²) in [5, 5.41) is 21.2. The van der Waals surface area contributed by atoms with Gasteiger partial charge in [0.05, 0.1) is 11.5 Å². The van der Waals surface area contributed by atoms with Gasteiger partial charge in [-0.1, -0.05) is 32.0 Å². The average Bonchev–Trinajstić information content (AvgIpc) is 2.92. The summed E-state index contributed by atoms with van der Waals surface area (Å²) in [6.07, 6.45) is 0.515. The largest absolute Gasteiger partial charge is 0.370 e. The molecule has 8 N–H and O–H groups in total. The van der Waals surface area contributed by atoms with Crippen molar-refractivity contribution >= 4 is 41.0 Å². The highest BCUT2D eigenvalue weighted by molar-refractivity contribution is 5.99. The van der Waals surface area contributed by atoms with Crippen LogP contribution in [0.4, 0.5) is 11.4 Å². The van der Waals surface area contributed by atoms with Crippen molar-refractivity contribution in [3.63, 3.8) is 0 Å². The summed E-state index contributed by atoms with van der Waals surface area (Å²) in [5.41, 5.74) is 11.2. The van der Waals surface area contributed by atoms with E-state index in [-0.39, 0.29) is 30.5 Å². The van der Waals surface area contributed by atoms with Gasteiger partial charge in [0.1, 0.15) is 12.1 Å². The van der Waals surface area contributed by atoms with Gasteiger partial charge in [0, 0.05) is 29.9 Å². The zero-order valence-electron chi connectivity index (χ0n) is 22.3. The minimum absolute atomic E-state index is 0.113. The molecule has 0 bridgehead atoms. The fraction of sp³-hybridized carbons (Fsp3) is 0.346. The third-order valence-electron chi connectivity index (χ3n) is 5.64. The molecule has 2 rings (SSSR count). The van der Waals surface area contributed by atoms with E-state index in [0.717, 1.165) is 0 Å². The summed E-state index contributed by atoms with van der Waals surface area (Å²) in [5.74, 6) is -2.59. The summed E-state index contributed by atoms with van der Waals surface area (Å²) >= 11 is 0. The van der Waals surface area contributed by atoms with E-state index >= 15 is 0 Å². The Morgan fingerprint density at radius 2 is 1.60 bits per heavy atom. The first-order valence-electron chi connectivity index (χ1n) is 12.5. The number of nitro benzene ring substituents is 1. The molecule has 2 aromatic rings. The van der Waals surface area contributed by atoms with Gasteiger partial charge in [0.25, 0.3) is 11.6 Å². The first-order valence-corrected chi connectivity index (χ1v) is 12.5. The third kappa shape index (κ3) is 10.4. The molecule has 214 valence electrons. The van der Waals surface area contributed by atoms with Crippen LogP contribution in [-0.4, -0.2) is 59.7 Å². The standard InChI is InChI=1S/C26H34N8O6/c1-16(2)22(33-23(36)17-7-4-3-5-8-17)25(38)30-15-21(35)32-20(9-6-14-29-26(27)28)24(37)31-18-10-12-19(13-11-18)34(39)40/h3-5,7-8,10-13,16,20,22H,6,9,14-15H2,1-2H3,(H,30,38)(H,31,37)(H,32,35)(H,33,36)(H4,27,28,29)/t20-,22+/m0/s1. The summed E-state index contributed by atoms with van der Waals surface area (Å²) in [6.45, 7) is 3.28. The quantitative estimate of drug-likeness (QED) is 0.0637. The van der Waals surface area contributed by atoms with Crippen molar-refractivity contribution in [1.29, 1.82) is 0 Å². The number of rotatable bonds is 14. The number of benzene rings is 2. The van der Waals surface area contributed by atoms with Crippen molar-refractivity contribution in [3.05, 3.63) is 70.3 Å². The molecule has 0 unspecified atom stereocenters. The molecule has 2 atom stereocenters. The molecule has 0 aliphatic rings.